The lowest BCUT2D eigenvalue weighted by molar-refractivity contribution is 0.252. The number of rotatable bonds is 5. The number of urea groups is 1. The predicted molar refractivity (Wildman–Crippen MR) is 82.2 cm³/mol. The van der Waals surface area contributed by atoms with Crippen LogP contribution in [0.25, 0.3) is 0 Å². The van der Waals surface area contributed by atoms with Crippen LogP contribution >= 0.6 is 0 Å². The van der Waals surface area contributed by atoms with E-state index in [1.807, 2.05) is 31.2 Å². The topological polar surface area (TPSA) is 59.6 Å². The summed E-state index contributed by atoms with van der Waals surface area (Å²) in [7, 11) is 1.62. The van der Waals surface area contributed by atoms with Gasteiger partial charge in [-0.1, -0.05) is 0 Å². The summed E-state index contributed by atoms with van der Waals surface area (Å²) in [5.74, 6) is 2.20. The second-order valence-corrected chi connectivity index (χ2v) is 4.29. The molecule has 0 fully saturated rings. The summed E-state index contributed by atoms with van der Waals surface area (Å²) >= 11 is 0. The van der Waals surface area contributed by atoms with Gasteiger partial charge < -0.3 is 20.1 Å². The number of carbonyl (C=O) groups excluding carboxylic acids is 1. The normalized spacial score (nSPS) is 9.81. The minimum atomic E-state index is -0.221. The van der Waals surface area contributed by atoms with Gasteiger partial charge in [-0.3, -0.25) is 0 Å². The zero-order chi connectivity index (χ0) is 15.1. The molecule has 2 aromatic carbocycles. The molecule has 110 valence electrons. The van der Waals surface area contributed by atoms with Crippen molar-refractivity contribution in [2.75, 3.05) is 19.0 Å². The third kappa shape index (κ3) is 4.42. The molecule has 0 heterocycles. The van der Waals surface area contributed by atoms with Crippen molar-refractivity contribution < 1.29 is 14.3 Å². The van der Waals surface area contributed by atoms with Crippen molar-refractivity contribution in [1.29, 1.82) is 0 Å². The van der Waals surface area contributed by atoms with Crippen LogP contribution in [0.1, 0.15) is 6.92 Å². The molecule has 2 rings (SSSR count). The molecular weight excluding hydrogens is 268 g/mol. The highest BCUT2D eigenvalue weighted by Crippen LogP contribution is 2.24. The van der Waals surface area contributed by atoms with Gasteiger partial charge in [-0.05, 0) is 55.5 Å². The number of methoxy groups -OCH3 is 1. The summed E-state index contributed by atoms with van der Waals surface area (Å²) in [4.78, 5) is 11.4. The van der Waals surface area contributed by atoms with E-state index in [0.717, 1.165) is 11.5 Å². The molecule has 0 spiro atoms. The molecule has 0 aliphatic heterocycles. The Hall–Kier alpha value is -2.69. The molecule has 0 atom stereocenters. The van der Waals surface area contributed by atoms with E-state index in [4.69, 9.17) is 9.47 Å². The third-order valence-electron chi connectivity index (χ3n) is 2.74. The van der Waals surface area contributed by atoms with Crippen molar-refractivity contribution in [3.63, 3.8) is 0 Å². The maximum absolute atomic E-state index is 11.4. The number of carbonyl (C=O) groups is 1. The van der Waals surface area contributed by atoms with Crippen molar-refractivity contribution in [3.05, 3.63) is 48.5 Å². The first kappa shape index (κ1) is 14.7. The molecule has 0 bridgehead atoms. The van der Waals surface area contributed by atoms with E-state index < -0.39 is 0 Å². The van der Waals surface area contributed by atoms with E-state index in [0.29, 0.717) is 18.0 Å². The minimum absolute atomic E-state index is 0.221. The van der Waals surface area contributed by atoms with Gasteiger partial charge in [0.2, 0.25) is 0 Å². The molecule has 0 aliphatic carbocycles. The van der Waals surface area contributed by atoms with Crippen LogP contribution in [0, 0.1) is 0 Å². The fourth-order valence-corrected chi connectivity index (χ4v) is 1.72. The molecule has 2 amide bonds. The monoisotopic (exact) mass is 286 g/mol. The summed E-state index contributed by atoms with van der Waals surface area (Å²) in [6.07, 6.45) is 0. The number of nitrogens with one attached hydrogen (secondary N) is 2. The maximum atomic E-state index is 11.4. The Labute approximate surface area is 123 Å². The minimum Gasteiger partial charge on any atom is -0.497 e. The lowest BCUT2D eigenvalue weighted by Gasteiger charge is -2.09. The van der Waals surface area contributed by atoms with Crippen molar-refractivity contribution in [3.8, 4) is 17.2 Å². The van der Waals surface area contributed by atoms with Gasteiger partial charge >= 0.3 is 6.03 Å². The smallest absolute Gasteiger partial charge is 0.319 e. The number of ether oxygens (including phenoxy) is 2. The van der Waals surface area contributed by atoms with Gasteiger partial charge in [0.15, 0.2) is 0 Å². The Kier molecular flexibility index (Phi) is 5.04. The molecule has 0 aromatic heterocycles. The molecule has 0 saturated carbocycles. The highest BCUT2D eigenvalue weighted by Gasteiger charge is 2.01. The van der Waals surface area contributed by atoms with Crippen LogP contribution < -0.4 is 20.1 Å². The molecule has 2 aromatic rings. The van der Waals surface area contributed by atoms with E-state index in [9.17, 15) is 4.79 Å². The second kappa shape index (κ2) is 7.19. The maximum Gasteiger partial charge on any atom is 0.319 e. The highest BCUT2D eigenvalue weighted by molar-refractivity contribution is 5.89. The number of hydrogen-bond acceptors (Lipinski definition) is 3. The van der Waals surface area contributed by atoms with Crippen LogP contribution in [0.2, 0.25) is 0 Å². The van der Waals surface area contributed by atoms with Gasteiger partial charge in [0.1, 0.15) is 17.2 Å². The van der Waals surface area contributed by atoms with E-state index >= 15 is 0 Å². The quantitative estimate of drug-likeness (QED) is 0.882. The first-order chi connectivity index (χ1) is 10.2. The molecule has 5 heteroatoms. The first-order valence-electron chi connectivity index (χ1n) is 6.68. The van der Waals surface area contributed by atoms with Crippen LogP contribution in [0.15, 0.2) is 48.5 Å². The fourth-order valence-electron chi connectivity index (χ4n) is 1.72. The molecule has 5 nitrogen and oxygen atoms in total. The van der Waals surface area contributed by atoms with Crippen LogP contribution in [0.4, 0.5) is 10.5 Å². The highest BCUT2D eigenvalue weighted by atomic mass is 16.5. The summed E-state index contributed by atoms with van der Waals surface area (Å²) < 4.78 is 10.8. The van der Waals surface area contributed by atoms with Gasteiger partial charge in [-0.25, -0.2) is 4.79 Å². The Morgan fingerprint density at radius 3 is 2.00 bits per heavy atom. The molecule has 2 N–H and O–H groups in total. The SMILES string of the molecule is CCNC(=O)Nc1ccc(Oc2ccc(OC)cc2)cc1. The number of benzene rings is 2. The lowest BCUT2D eigenvalue weighted by atomic mass is 10.3. The number of anilines is 1. The summed E-state index contributed by atoms with van der Waals surface area (Å²) in [5, 5.41) is 5.39. The zero-order valence-electron chi connectivity index (χ0n) is 12.1. The molecule has 21 heavy (non-hydrogen) atoms. The summed E-state index contributed by atoms with van der Waals surface area (Å²) in [6, 6.07) is 14.3. The molecule has 0 unspecified atom stereocenters. The standard InChI is InChI=1S/C16H18N2O3/c1-3-17-16(19)18-12-4-6-14(7-5-12)21-15-10-8-13(20-2)9-11-15/h4-11H,3H2,1-2H3,(H2,17,18,19). The fraction of sp³-hybridized carbons (Fsp3) is 0.188. The van der Waals surface area contributed by atoms with E-state index in [-0.39, 0.29) is 6.03 Å². The summed E-state index contributed by atoms with van der Waals surface area (Å²) in [5.41, 5.74) is 0.711. The van der Waals surface area contributed by atoms with E-state index in [1.54, 1.807) is 31.4 Å². The number of hydrogen-bond donors (Lipinski definition) is 2. The molecule has 0 saturated heterocycles. The van der Waals surface area contributed by atoms with Gasteiger partial charge in [-0.2, -0.15) is 0 Å². The summed E-state index contributed by atoms with van der Waals surface area (Å²) in [6.45, 7) is 2.45. The van der Waals surface area contributed by atoms with E-state index in [1.165, 1.54) is 0 Å². The van der Waals surface area contributed by atoms with Crippen molar-refractivity contribution in [2.24, 2.45) is 0 Å². The molecular formula is C16H18N2O3. The zero-order valence-corrected chi connectivity index (χ0v) is 12.1. The molecule has 0 aliphatic rings. The Bertz CT molecular complexity index is 579. The lowest BCUT2D eigenvalue weighted by Crippen LogP contribution is -2.28. The van der Waals surface area contributed by atoms with Crippen molar-refractivity contribution >= 4 is 11.7 Å². The van der Waals surface area contributed by atoms with Crippen molar-refractivity contribution in [2.45, 2.75) is 6.92 Å². The van der Waals surface area contributed by atoms with Gasteiger partial charge in [0.25, 0.3) is 0 Å². The van der Waals surface area contributed by atoms with Gasteiger partial charge in [-0.15, -0.1) is 0 Å². The van der Waals surface area contributed by atoms with Crippen LogP contribution in [-0.2, 0) is 0 Å². The first-order valence-corrected chi connectivity index (χ1v) is 6.68. The number of amides is 2. The van der Waals surface area contributed by atoms with Gasteiger partial charge in [0.05, 0.1) is 7.11 Å². The Balaban J connectivity index is 1.96. The van der Waals surface area contributed by atoms with Crippen LogP contribution in [-0.4, -0.2) is 19.7 Å². The Morgan fingerprint density at radius 2 is 1.48 bits per heavy atom. The van der Waals surface area contributed by atoms with Crippen LogP contribution in [0.5, 0.6) is 17.2 Å². The predicted octanol–water partition coefficient (Wildman–Crippen LogP) is 3.63. The van der Waals surface area contributed by atoms with Crippen LogP contribution in [0.3, 0.4) is 0 Å². The largest absolute Gasteiger partial charge is 0.497 e. The van der Waals surface area contributed by atoms with Crippen molar-refractivity contribution in [1.82, 2.24) is 5.32 Å². The average Bonchev–Trinajstić information content (AvgIpc) is 2.50. The third-order valence-corrected chi connectivity index (χ3v) is 2.74. The Morgan fingerprint density at radius 1 is 0.952 bits per heavy atom. The molecule has 0 radical (unpaired) electrons. The van der Waals surface area contributed by atoms with Gasteiger partial charge in [0, 0.05) is 12.2 Å². The average molecular weight is 286 g/mol. The van der Waals surface area contributed by atoms with E-state index in [2.05, 4.69) is 10.6 Å². The second-order valence-electron chi connectivity index (χ2n) is 4.29.